The number of hydrogen-bond acceptors (Lipinski definition) is 5. The van der Waals surface area contributed by atoms with Gasteiger partial charge in [-0.05, 0) is 36.8 Å². The van der Waals surface area contributed by atoms with Gasteiger partial charge in [0, 0.05) is 11.8 Å². The molecule has 0 saturated heterocycles. The van der Waals surface area contributed by atoms with E-state index in [2.05, 4.69) is 10.3 Å². The maximum absolute atomic E-state index is 5.88. The maximum atomic E-state index is 5.88. The minimum Gasteiger partial charge on any atom is -0.496 e. The highest BCUT2D eigenvalue weighted by Crippen LogP contribution is 2.27. The van der Waals surface area contributed by atoms with E-state index in [0.717, 1.165) is 17.0 Å². The summed E-state index contributed by atoms with van der Waals surface area (Å²) in [5, 5.41) is 3.17. The van der Waals surface area contributed by atoms with Crippen LogP contribution in [0.3, 0.4) is 0 Å². The van der Waals surface area contributed by atoms with Crippen LogP contribution in [0.15, 0.2) is 30.3 Å². The Balaban J connectivity index is 2.28. The molecule has 0 saturated carbocycles. The molecule has 2 aromatic rings. The number of nitrogen functional groups attached to an aromatic ring is 1. The van der Waals surface area contributed by atoms with E-state index in [0.29, 0.717) is 17.4 Å². The average molecular weight is 259 g/mol. The van der Waals surface area contributed by atoms with Crippen molar-refractivity contribution in [1.82, 2.24) is 4.98 Å². The number of benzene rings is 1. The van der Waals surface area contributed by atoms with E-state index >= 15 is 0 Å². The van der Waals surface area contributed by atoms with E-state index in [1.165, 1.54) is 0 Å². The van der Waals surface area contributed by atoms with E-state index in [9.17, 15) is 0 Å². The lowest BCUT2D eigenvalue weighted by molar-refractivity contribution is 0.398. The molecule has 0 unspecified atom stereocenters. The van der Waals surface area contributed by atoms with Crippen molar-refractivity contribution in [3.8, 4) is 11.6 Å². The SMILES string of the molecule is COc1ccc(N)c(Nc2ccc(OC)c(C)c2)n1. The molecule has 0 bridgehead atoms. The summed E-state index contributed by atoms with van der Waals surface area (Å²) in [5.41, 5.74) is 8.38. The van der Waals surface area contributed by atoms with Crippen LogP contribution in [0.4, 0.5) is 17.2 Å². The van der Waals surface area contributed by atoms with Gasteiger partial charge in [-0.15, -0.1) is 0 Å². The van der Waals surface area contributed by atoms with Gasteiger partial charge in [-0.3, -0.25) is 0 Å². The predicted octanol–water partition coefficient (Wildman–Crippen LogP) is 2.73. The van der Waals surface area contributed by atoms with Gasteiger partial charge in [0.15, 0.2) is 5.82 Å². The van der Waals surface area contributed by atoms with Gasteiger partial charge >= 0.3 is 0 Å². The van der Waals surface area contributed by atoms with Crippen LogP contribution in [0.1, 0.15) is 5.56 Å². The predicted molar refractivity (Wildman–Crippen MR) is 76.2 cm³/mol. The molecular weight excluding hydrogens is 242 g/mol. The molecular formula is C14H17N3O2. The van der Waals surface area contributed by atoms with E-state index in [1.807, 2.05) is 25.1 Å². The first-order valence-corrected chi connectivity index (χ1v) is 5.86. The van der Waals surface area contributed by atoms with Crippen LogP contribution in [-0.4, -0.2) is 19.2 Å². The second kappa shape index (κ2) is 5.48. The van der Waals surface area contributed by atoms with Crippen LogP contribution in [0.5, 0.6) is 11.6 Å². The van der Waals surface area contributed by atoms with Crippen molar-refractivity contribution in [3.05, 3.63) is 35.9 Å². The van der Waals surface area contributed by atoms with Gasteiger partial charge in [0.2, 0.25) is 5.88 Å². The number of rotatable bonds is 4. The second-order valence-electron chi connectivity index (χ2n) is 4.10. The number of aryl methyl sites for hydroxylation is 1. The van der Waals surface area contributed by atoms with Crippen molar-refractivity contribution in [1.29, 1.82) is 0 Å². The van der Waals surface area contributed by atoms with Gasteiger partial charge in [-0.1, -0.05) is 0 Å². The smallest absolute Gasteiger partial charge is 0.215 e. The number of nitrogens with zero attached hydrogens (tertiary/aromatic N) is 1. The first kappa shape index (κ1) is 13.0. The van der Waals surface area contributed by atoms with Crippen LogP contribution in [-0.2, 0) is 0 Å². The van der Waals surface area contributed by atoms with Crippen molar-refractivity contribution in [2.75, 3.05) is 25.3 Å². The fourth-order valence-corrected chi connectivity index (χ4v) is 1.76. The van der Waals surface area contributed by atoms with E-state index in [-0.39, 0.29) is 0 Å². The highest BCUT2D eigenvalue weighted by molar-refractivity contribution is 5.70. The van der Waals surface area contributed by atoms with E-state index in [1.54, 1.807) is 26.4 Å². The fraction of sp³-hybridized carbons (Fsp3) is 0.214. The molecule has 0 fully saturated rings. The first-order valence-electron chi connectivity index (χ1n) is 5.86. The van der Waals surface area contributed by atoms with Gasteiger partial charge in [-0.2, -0.15) is 4.98 Å². The Hall–Kier alpha value is -2.43. The largest absolute Gasteiger partial charge is 0.496 e. The molecule has 5 heteroatoms. The van der Waals surface area contributed by atoms with Gasteiger partial charge < -0.3 is 20.5 Å². The number of pyridine rings is 1. The summed E-state index contributed by atoms with van der Waals surface area (Å²) in [6.45, 7) is 1.98. The summed E-state index contributed by atoms with van der Waals surface area (Å²) in [6.07, 6.45) is 0. The van der Waals surface area contributed by atoms with Gasteiger partial charge in [0.25, 0.3) is 0 Å². The maximum Gasteiger partial charge on any atom is 0.215 e. The molecule has 0 aliphatic rings. The molecule has 0 amide bonds. The minimum absolute atomic E-state index is 0.516. The number of aromatic nitrogens is 1. The molecule has 0 radical (unpaired) electrons. The highest BCUT2D eigenvalue weighted by Gasteiger charge is 2.05. The quantitative estimate of drug-likeness (QED) is 0.883. The Labute approximate surface area is 112 Å². The Kier molecular flexibility index (Phi) is 3.75. The molecule has 0 spiro atoms. The first-order chi connectivity index (χ1) is 9.13. The minimum atomic E-state index is 0.516. The Morgan fingerprint density at radius 3 is 2.53 bits per heavy atom. The summed E-state index contributed by atoms with van der Waals surface area (Å²) >= 11 is 0. The second-order valence-corrected chi connectivity index (χ2v) is 4.10. The monoisotopic (exact) mass is 259 g/mol. The van der Waals surface area contributed by atoms with Crippen LogP contribution in [0.2, 0.25) is 0 Å². The number of nitrogens with one attached hydrogen (secondary N) is 1. The van der Waals surface area contributed by atoms with Crippen LogP contribution >= 0.6 is 0 Å². The molecule has 1 aromatic carbocycles. The van der Waals surface area contributed by atoms with E-state index < -0.39 is 0 Å². The molecule has 5 nitrogen and oxygen atoms in total. The molecule has 100 valence electrons. The topological polar surface area (TPSA) is 69.4 Å². The summed E-state index contributed by atoms with van der Waals surface area (Å²) in [4.78, 5) is 4.27. The number of hydrogen-bond donors (Lipinski definition) is 2. The number of nitrogens with two attached hydrogens (primary N) is 1. The van der Waals surface area contributed by atoms with Crippen molar-refractivity contribution < 1.29 is 9.47 Å². The highest BCUT2D eigenvalue weighted by atomic mass is 16.5. The Bertz CT molecular complexity index is 585. The summed E-state index contributed by atoms with van der Waals surface area (Å²) in [6, 6.07) is 9.25. The number of methoxy groups -OCH3 is 2. The summed E-state index contributed by atoms with van der Waals surface area (Å²) < 4.78 is 10.3. The van der Waals surface area contributed by atoms with Gasteiger partial charge in [0.1, 0.15) is 5.75 Å². The zero-order valence-corrected chi connectivity index (χ0v) is 11.2. The molecule has 0 aliphatic heterocycles. The van der Waals surface area contributed by atoms with Crippen LogP contribution in [0.25, 0.3) is 0 Å². The standard InChI is InChI=1S/C14H17N3O2/c1-9-8-10(4-6-12(9)18-2)16-14-11(15)5-7-13(17-14)19-3/h4-8H,15H2,1-3H3,(H,16,17). The van der Waals surface area contributed by atoms with Crippen molar-refractivity contribution >= 4 is 17.2 Å². The molecule has 0 atom stereocenters. The van der Waals surface area contributed by atoms with Crippen molar-refractivity contribution in [2.45, 2.75) is 6.92 Å². The third-order valence-corrected chi connectivity index (χ3v) is 2.77. The summed E-state index contributed by atoms with van der Waals surface area (Å²) in [7, 11) is 3.22. The Morgan fingerprint density at radius 1 is 1.11 bits per heavy atom. The van der Waals surface area contributed by atoms with Gasteiger partial charge in [-0.25, -0.2) is 0 Å². The zero-order chi connectivity index (χ0) is 13.8. The zero-order valence-electron chi connectivity index (χ0n) is 11.2. The third kappa shape index (κ3) is 2.88. The van der Waals surface area contributed by atoms with Crippen molar-refractivity contribution in [2.24, 2.45) is 0 Å². The van der Waals surface area contributed by atoms with Crippen molar-refractivity contribution in [3.63, 3.8) is 0 Å². The molecule has 19 heavy (non-hydrogen) atoms. The number of anilines is 3. The lowest BCUT2D eigenvalue weighted by Crippen LogP contribution is -2.01. The number of ether oxygens (including phenoxy) is 2. The molecule has 0 aliphatic carbocycles. The van der Waals surface area contributed by atoms with Gasteiger partial charge in [0.05, 0.1) is 19.9 Å². The normalized spacial score (nSPS) is 10.1. The molecule has 1 aromatic heterocycles. The molecule has 1 heterocycles. The van der Waals surface area contributed by atoms with E-state index in [4.69, 9.17) is 15.2 Å². The Morgan fingerprint density at radius 2 is 1.89 bits per heavy atom. The molecule has 3 N–H and O–H groups in total. The summed E-state index contributed by atoms with van der Waals surface area (Å²) in [5.74, 6) is 1.93. The van der Waals surface area contributed by atoms with Crippen LogP contribution in [0, 0.1) is 6.92 Å². The average Bonchev–Trinajstić information content (AvgIpc) is 2.41. The fourth-order valence-electron chi connectivity index (χ4n) is 1.76. The lowest BCUT2D eigenvalue weighted by atomic mass is 10.2. The van der Waals surface area contributed by atoms with Crippen LogP contribution < -0.4 is 20.5 Å². The molecule has 2 rings (SSSR count). The lowest BCUT2D eigenvalue weighted by Gasteiger charge is -2.11. The third-order valence-electron chi connectivity index (χ3n) is 2.77.